The van der Waals surface area contributed by atoms with Crippen LogP contribution in [-0.4, -0.2) is 28.7 Å². The quantitative estimate of drug-likeness (QED) is 0.474. The zero-order chi connectivity index (χ0) is 17.7. The Morgan fingerprint density at radius 3 is 2.50 bits per heavy atom. The lowest BCUT2D eigenvalue weighted by Crippen LogP contribution is -2.17. The predicted molar refractivity (Wildman–Crippen MR) is 85.9 cm³/mol. The Hall–Kier alpha value is -2.67. The number of rotatable bonds is 7. The van der Waals surface area contributed by atoms with E-state index in [2.05, 4.69) is 0 Å². The molecule has 0 saturated carbocycles. The zero-order valence-electron chi connectivity index (χ0n) is 13.5. The molecule has 0 amide bonds. The first-order chi connectivity index (χ1) is 11.4. The van der Waals surface area contributed by atoms with E-state index in [4.69, 9.17) is 9.15 Å². The van der Waals surface area contributed by atoms with E-state index in [9.17, 15) is 20.0 Å². The molecule has 1 aromatic carbocycles. The molecule has 0 saturated heterocycles. The molecule has 7 nitrogen and oxygen atoms in total. The van der Waals surface area contributed by atoms with Gasteiger partial charge in [0.1, 0.15) is 5.76 Å². The maximum atomic E-state index is 11.6. The summed E-state index contributed by atoms with van der Waals surface area (Å²) >= 11 is 0. The number of aliphatic hydroxyl groups excluding tert-OH is 1. The highest BCUT2D eigenvalue weighted by molar-refractivity contribution is 5.86. The number of benzene rings is 1. The normalized spacial score (nSPS) is 13.3. The highest BCUT2D eigenvalue weighted by Gasteiger charge is 2.22. The summed E-state index contributed by atoms with van der Waals surface area (Å²) in [5.74, 6) is -0.207. The number of ether oxygens (including phenoxy) is 1. The maximum Gasteiger partial charge on any atom is 0.374 e. The molecule has 0 radical (unpaired) electrons. The van der Waals surface area contributed by atoms with Gasteiger partial charge in [-0.15, -0.1) is 0 Å². The van der Waals surface area contributed by atoms with E-state index in [-0.39, 0.29) is 24.0 Å². The highest BCUT2D eigenvalue weighted by Crippen LogP contribution is 2.27. The van der Waals surface area contributed by atoms with Gasteiger partial charge >= 0.3 is 5.97 Å². The fraction of sp³-hybridized carbons (Fsp3) is 0.353. The smallest absolute Gasteiger partial charge is 0.374 e. The number of carbonyl (C=O) groups excluding carboxylic acids is 1. The first-order valence-electron chi connectivity index (χ1n) is 7.60. The van der Waals surface area contributed by atoms with Crippen LogP contribution >= 0.6 is 0 Å². The SMILES string of the molecule is CCOC(=O)c1ccc(CC(c2ccc([N+](=O)[O-])cc2)C(C)O)o1. The van der Waals surface area contributed by atoms with Crippen LogP contribution in [0.25, 0.3) is 0 Å². The molecule has 24 heavy (non-hydrogen) atoms. The van der Waals surface area contributed by atoms with Crippen molar-refractivity contribution in [2.24, 2.45) is 0 Å². The highest BCUT2D eigenvalue weighted by atomic mass is 16.6. The van der Waals surface area contributed by atoms with E-state index in [0.29, 0.717) is 12.2 Å². The van der Waals surface area contributed by atoms with Crippen molar-refractivity contribution in [2.45, 2.75) is 32.3 Å². The van der Waals surface area contributed by atoms with Crippen molar-refractivity contribution in [2.75, 3.05) is 6.61 Å². The van der Waals surface area contributed by atoms with Crippen LogP contribution in [-0.2, 0) is 11.2 Å². The molecule has 0 bridgehead atoms. The van der Waals surface area contributed by atoms with Gasteiger partial charge in [-0.1, -0.05) is 12.1 Å². The summed E-state index contributed by atoms with van der Waals surface area (Å²) < 4.78 is 10.3. The van der Waals surface area contributed by atoms with E-state index in [1.54, 1.807) is 32.0 Å². The van der Waals surface area contributed by atoms with E-state index in [1.165, 1.54) is 18.2 Å². The minimum absolute atomic E-state index is 0.00862. The Balaban J connectivity index is 2.17. The number of nitro groups is 1. The Labute approximate surface area is 139 Å². The summed E-state index contributed by atoms with van der Waals surface area (Å²) in [5, 5.41) is 20.8. The number of carbonyl (C=O) groups is 1. The summed E-state index contributed by atoms with van der Waals surface area (Å²) in [6.07, 6.45) is -0.336. The minimum atomic E-state index is -0.692. The van der Waals surface area contributed by atoms with Gasteiger partial charge in [-0.2, -0.15) is 0 Å². The number of furan rings is 1. The van der Waals surface area contributed by atoms with Crippen molar-refractivity contribution in [3.63, 3.8) is 0 Å². The third-order valence-corrected chi connectivity index (χ3v) is 3.67. The molecule has 2 aromatic rings. The van der Waals surface area contributed by atoms with Gasteiger partial charge in [-0.3, -0.25) is 10.1 Å². The van der Waals surface area contributed by atoms with Crippen LogP contribution in [0, 0.1) is 10.1 Å². The van der Waals surface area contributed by atoms with Gasteiger partial charge in [0, 0.05) is 24.5 Å². The summed E-state index contributed by atoms with van der Waals surface area (Å²) in [4.78, 5) is 21.9. The first-order valence-corrected chi connectivity index (χ1v) is 7.60. The Morgan fingerprint density at radius 2 is 1.96 bits per heavy atom. The maximum absolute atomic E-state index is 11.6. The monoisotopic (exact) mass is 333 g/mol. The molecule has 2 rings (SSSR count). The number of nitrogens with zero attached hydrogens (tertiary/aromatic N) is 1. The van der Waals surface area contributed by atoms with Crippen molar-refractivity contribution in [1.29, 1.82) is 0 Å². The molecule has 1 aromatic heterocycles. The number of esters is 1. The standard InChI is InChI=1S/C17H19NO6/c1-3-23-17(20)16-9-8-14(24-16)10-15(11(2)19)12-4-6-13(7-5-12)18(21)22/h4-9,11,15,19H,3,10H2,1-2H3. The molecular weight excluding hydrogens is 314 g/mol. The van der Waals surface area contributed by atoms with Crippen LogP contribution in [0.1, 0.15) is 41.6 Å². The lowest BCUT2D eigenvalue weighted by atomic mass is 9.90. The number of hydrogen-bond acceptors (Lipinski definition) is 6. The average molecular weight is 333 g/mol. The van der Waals surface area contributed by atoms with Gasteiger partial charge in [0.25, 0.3) is 5.69 Å². The minimum Gasteiger partial charge on any atom is -0.460 e. The lowest BCUT2D eigenvalue weighted by Gasteiger charge is -2.19. The molecule has 0 aliphatic carbocycles. The average Bonchev–Trinajstić information content (AvgIpc) is 3.01. The van der Waals surface area contributed by atoms with E-state index in [0.717, 1.165) is 5.56 Å². The van der Waals surface area contributed by atoms with Crippen molar-refractivity contribution in [3.05, 3.63) is 63.6 Å². The summed E-state index contributed by atoms with van der Waals surface area (Å²) in [6.45, 7) is 3.61. The van der Waals surface area contributed by atoms with Crippen molar-refractivity contribution < 1.29 is 24.0 Å². The van der Waals surface area contributed by atoms with Crippen molar-refractivity contribution >= 4 is 11.7 Å². The van der Waals surface area contributed by atoms with Gasteiger partial charge < -0.3 is 14.3 Å². The second-order valence-electron chi connectivity index (χ2n) is 5.39. The molecule has 0 fully saturated rings. The molecule has 7 heteroatoms. The van der Waals surface area contributed by atoms with Crippen LogP contribution < -0.4 is 0 Å². The van der Waals surface area contributed by atoms with Gasteiger partial charge in [-0.25, -0.2) is 4.79 Å². The zero-order valence-corrected chi connectivity index (χ0v) is 13.5. The summed E-state index contributed by atoms with van der Waals surface area (Å²) in [6, 6.07) is 9.22. The van der Waals surface area contributed by atoms with Crippen LogP contribution in [0.15, 0.2) is 40.8 Å². The van der Waals surface area contributed by atoms with Crippen LogP contribution in [0.5, 0.6) is 0 Å². The van der Waals surface area contributed by atoms with Gasteiger partial charge in [0.05, 0.1) is 17.6 Å². The second-order valence-corrected chi connectivity index (χ2v) is 5.39. The third kappa shape index (κ3) is 4.20. The number of nitro benzene ring substituents is 1. The fourth-order valence-electron chi connectivity index (χ4n) is 2.43. The second kappa shape index (κ2) is 7.74. The molecule has 2 unspecified atom stereocenters. The van der Waals surface area contributed by atoms with Crippen molar-refractivity contribution in [3.8, 4) is 0 Å². The van der Waals surface area contributed by atoms with Crippen molar-refractivity contribution in [1.82, 2.24) is 0 Å². The molecule has 2 atom stereocenters. The van der Waals surface area contributed by atoms with Crippen LogP contribution in [0.2, 0.25) is 0 Å². The Kier molecular flexibility index (Phi) is 5.70. The molecule has 1 heterocycles. The fourth-order valence-corrected chi connectivity index (χ4v) is 2.43. The van der Waals surface area contributed by atoms with E-state index >= 15 is 0 Å². The first kappa shape index (κ1) is 17.7. The Morgan fingerprint density at radius 1 is 1.29 bits per heavy atom. The molecule has 0 aliphatic heterocycles. The molecule has 0 aliphatic rings. The van der Waals surface area contributed by atoms with Crippen LogP contribution in [0.4, 0.5) is 5.69 Å². The molecule has 1 N–H and O–H groups in total. The Bertz CT molecular complexity index is 704. The van der Waals surface area contributed by atoms with E-state index < -0.39 is 17.0 Å². The largest absolute Gasteiger partial charge is 0.460 e. The molecule has 0 spiro atoms. The van der Waals surface area contributed by atoms with Gasteiger partial charge in [0.2, 0.25) is 5.76 Å². The summed E-state index contributed by atoms with van der Waals surface area (Å²) in [5.41, 5.74) is 0.746. The topological polar surface area (TPSA) is 103 Å². The van der Waals surface area contributed by atoms with Gasteiger partial charge in [0.15, 0.2) is 0 Å². The van der Waals surface area contributed by atoms with Crippen LogP contribution in [0.3, 0.4) is 0 Å². The number of aliphatic hydroxyl groups is 1. The summed E-state index contributed by atoms with van der Waals surface area (Å²) in [7, 11) is 0. The molecular formula is C17H19NO6. The third-order valence-electron chi connectivity index (χ3n) is 3.67. The lowest BCUT2D eigenvalue weighted by molar-refractivity contribution is -0.384. The number of hydrogen-bond donors (Lipinski definition) is 1. The molecule has 128 valence electrons. The number of non-ortho nitro benzene ring substituents is 1. The van der Waals surface area contributed by atoms with E-state index in [1.807, 2.05) is 0 Å². The predicted octanol–water partition coefficient (Wildman–Crippen LogP) is 3.07. The van der Waals surface area contributed by atoms with Gasteiger partial charge in [-0.05, 0) is 31.5 Å².